The first kappa shape index (κ1) is 15.5. The van der Waals surface area contributed by atoms with Crippen LogP contribution in [0.5, 0.6) is 5.75 Å². The zero-order chi connectivity index (χ0) is 16.4. The standard InChI is InChI=1S/C16H14BrN3O3/c17-11-3-5-12(6-4-11)20-9-10(8-14(20)22)16(23)19-15-13(21)2-1-7-18-15/h1-7,10,21H,8-9H2,(H,18,19,23)/t10-/m0/s1. The molecule has 2 aromatic rings. The first-order valence-electron chi connectivity index (χ1n) is 7.05. The summed E-state index contributed by atoms with van der Waals surface area (Å²) in [5, 5.41) is 12.2. The van der Waals surface area contributed by atoms with Crippen molar-refractivity contribution < 1.29 is 14.7 Å². The number of carbonyl (C=O) groups excluding carboxylic acids is 2. The van der Waals surface area contributed by atoms with E-state index in [2.05, 4.69) is 26.2 Å². The lowest BCUT2D eigenvalue weighted by atomic mass is 10.1. The molecule has 2 heterocycles. The van der Waals surface area contributed by atoms with Gasteiger partial charge in [-0.15, -0.1) is 0 Å². The highest BCUT2D eigenvalue weighted by molar-refractivity contribution is 9.10. The Labute approximate surface area is 141 Å². The van der Waals surface area contributed by atoms with E-state index in [1.807, 2.05) is 24.3 Å². The molecule has 0 spiro atoms. The number of hydrogen-bond acceptors (Lipinski definition) is 4. The number of amides is 2. The summed E-state index contributed by atoms with van der Waals surface area (Å²) in [6, 6.07) is 10.4. The molecule has 1 aliphatic heterocycles. The van der Waals surface area contributed by atoms with E-state index in [-0.39, 0.29) is 29.8 Å². The van der Waals surface area contributed by atoms with Crippen LogP contribution in [0, 0.1) is 5.92 Å². The van der Waals surface area contributed by atoms with Crippen molar-refractivity contribution in [3.05, 3.63) is 47.1 Å². The quantitative estimate of drug-likeness (QED) is 0.863. The highest BCUT2D eigenvalue weighted by atomic mass is 79.9. The van der Waals surface area contributed by atoms with Crippen molar-refractivity contribution in [3.63, 3.8) is 0 Å². The van der Waals surface area contributed by atoms with Crippen LogP contribution < -0.4 is 10.2 Å². The minimum Gasteiger partial charge on any atom is -0.504 e. The Morgan fingerprint density at radius 3 is 2.74 bits per heavy atom. The van der Waals surface area contributed by atoms with Crippen molar-refractivity contribution in [3.8, 4) is 5.75 Å². The molecule has 7 heteroatoms. The van der Waals surface area contributed by atoms with Crippen molar-refractivity contribution in [1.82, 2.24) is 4.98 Å². The second-order valence-corrected chi connectivity index (χ2v) is 6.16. The van der Waals surface area contributed by atoms with Crippen LogP contribution in [0.25, 0.3) is 0 Å². The number of benzene rings is 1. The lowest BCUT2D eigenvalue weighted by Gasteiger charge is -2.16. The van der Waals surface area contributed by atoms with E-state index in [0.717, 1.165) is 10.2 Å². The summed E-state index contributed by atoms with van der Waals surface area (Å²) in [6.07, 6.45) is 1.61. The second kappa shape index (κ2) is 6.37. The van der Waals surface area contributed by atoms with Gasteiger partial charge in [0.2, 0.25) is 11.8 Å². The van der Waals surface area contributed by atoms with Gasteiger partial charge < -0.3 is 15.3 Å². The summed E-state index contributed by atoms with van der Waals surface area (Å²) in [6.45, 7) is 0.305. The summed E-state index contributed by atoms with van der Waals surface area (Å²) in [7, 11) is 0. The van der Waals surface area contributed by atoms with Crippen LogP contribution in [-0.4, -0.2) is 28.4 Å². The number of aromatic nitrogens is 1. The Bertz CT molecular complexity index is 748. The van der Waals surface area contributed by atoms with Gasteiger partial charge in [0.1, 0.15) is 0 Å². The minimum atomic E-state index is -0.479. The number of hydrogen-bond donors (Lipinski definition) is 2. The number of nitrogens with zero attached hydrogens (tertiary/aromatic N) is 2. The van der Waals surface area contributed by atoms with Gasteiger partial charge >= 0.3 is 0 Å². The van der Waals surface area contributed by atoms with Gasteiger partial charge in [-0.25, -0.2) is 4.98 Å². The van der Waals surface area contributed by atoms with E-state index >= 15 is 0 Å². The molecule has 0 radical (unpaired) electrons. The molecular weight excluding hydrogens is 362 g/mol. The van der Waals surface area contributed by atoms with E-state index in [9.17, 15) is 14.7 Å². The molecule has 0 unspecified atom stereocenters. The molecule has 1 atom stereocenters. The summed E-state index contributed by atoms with van der Waals surface area (Å²) in [5.41, 5.74) is 0.759. The summed E-state index contributed by atoms with van der Waals surface area (Å²) in [5.74, 6) is -0.904. The lowest BCUT2D eigenvalue weighted by molar-refractivity contribution is -0.122. The highest BCUT2D eigenvalue weighted by Crippen LogP contribution is 2.28. The Kier molecular flexibility index (Phi) is 4.29. The van der Waals surface area contributed by atoms with Gasteiger partial charge in [0.05, 0.1) is 5.92 Å². The highest BCUT2D eigenvalue weighted by Gasteiger charge is 2.35. The van der Waals surface area contributed by atoms with Crippen LogP contribution in [-0.2, 0) is 9.59 Å². The van der Waals surface area contributed by atoms with Crippen LogP contribution in [0.1, 0.15) is 6.42 Å². The molecule has 2 N–H and O–H groups in total. The van der Waals surface area contributed by atoms with Gasteiger partial charge in [-0.05, 0) is 36.4 Å². The molecule has 0 bridgehead atoms. The van der Waals surface area contributed by atoms with Crippen LogP contribution in [0.2, 0.25) is 0 Å². The van der Waals surface area contributed by atoms with E-state index < -0.39 is 5.92 Å². The third-order valence-electron chi connectivity index (χ3n) is 3.66. The molecule has 1 aromatic heterocycles. The van der Waals surface area contributed by atoms with Crippen LogP contribution >= 0.6 is 15.9 Å². The van der Waals surface area contributed by atoms with Gasteiger partial charge in [-0.1, -0.05) is 15.9 Å². The molecule has 0 aliphatic carbocycles. The Hall–Kier alpha value is -2.41. The summed E-state index contributed by atoms with van der Waals surface area (Å²) < 4.78 is 0.924. The lowest BCUT2D eigenvalue weighted by Crippen LogP contribution is -2.28. The van der Waals surface area contributed by atoms with Crippen molar-refractivity contribution in [2.24, 2.45) is 5.92 Å². The fourth-order valence-electron chi connectivity index (χ4n) is 2.47. The average Bonchev–Trinajstić information content (AvgIpc) is 2.92. The molecule has 1 aliphatic rings. The van der Waals surface area contributed by atoms with Gasteiger partial charge in [0.25, 0.3) is 0 Å². The van der Waals surface area contributed by atoms with Gasteiger partial charge in [-0.3, -0.25) is 9.59 Å². The smallest absolute Gasteiger partial charge is 0.231 e. The number of pyridine rings is 1. The van der Waals surface area contributed by atoms with Crippen molar-refractivity contribution >= 4 is 39.2 Å². The third kappa shape index (κ3) is 3.34. The van der Waals surface area contributed by atoms with Crippen molar-refractivity contribution in [1.29, 1.82) is 0 Å². The van der Waals surface area contributed by atoms with E-state index in [0.29, 0.717) is 6.54 Å². The van der Waals surface area contributed by atoms with Crippen LogP contribution in [0.15, 0.2) is 47.1 Å². The molecule has 3 rings (SSSR count). The van der Waals surface area contributed by atoms with Crippen molar-refractivity contribution in [2.75, 3.05) is 16.8 Å². The van der Waals surface area contributed by atoms with Gasteiger partial charge in [0.15, 0.2) is 11.6 Å². The van der Waals surface area contributed by atoms with Gasteiger partial charge in [-0.2, -0.15) is 0 Å². The summed E-state index contributed by atoms with van der Waals surface area (Å²) >= 11 is 3.35. The minimum absolute atomic E-state index is 0.0993. The normalized spacial score (nSPS) is 17.3. The van der Waals surface area contributed by atoms with E-state index in [1.54, 1.807) is 11.0 Å². The number of carbonyl (C=O) groups is 2. The maximum atomic E-state index is 12.3. The maximum absolute atomic E-state index is 12.3. The molecule has 6 nitrogen and oxygen atoms in total. The number of anilines is 2. The fraction of sp³-hybridized carbons (Fsp3) is 0.188. The van der Waals surface area contributed by atoms with E-state index in [1.165, 1.54) is 12.3 Å². The Morgan fingerprint density at radius 1 is 1.30 bits per heavy atom. The first-order valence-corrected chi connectivity index (χ1v) is 7.84. The maximum Gasteiger partial charge on any atom is 0.231 e. The van der Waals surface area contributed by atoms with Gasteiger partial charge in [0, 0.05) is 29.3 Å². The zero-order valence-corrected chi connectivity index (χ0v) is 13.7. The van der Waals surface area contributed by atoms with E-state index in [4.69, 9.17) is 0 Å². The number of nitrogens with one attached hydrogen (secondary N) is 1. The molecule has 118 valence electrons. The average molecular weight is 376 g/mol. The molecule has 23 heavy (non-hydrogen) atoms. The topological polar surface area (TPSA) is 82.5 Å². The first-order chi connectivity index (χ1) is 11.0. The number of rotatable bonds is 3. The molecular formula is C16H14BrN3O3. The molecule has 1 aromatic carbocycles. The Morgan fingerprint density at radius 2 is 2.04 bits per heavy atom. The molecule has 1 fully saturated rings. The molecule has 0 saturated carbocycles. The number of aromatic hydroxyl groups is 1. The largest absolute Gasteiger partial charge is 0.504 e. The Balaban J connectivity index is 1.71. The monoisotopic (exact) mass is 375 g/mol. The fourth-order valence-corrected chi connectivity index (χ4v) is 2.73. The van der Waals surface area contributed by atoms with Crippen molar-refractivity contribution in [2.45, 2.75) is 6.42 Å². The predicted molar refractivity (Wildman–Crippen MR) is 89.1 cm³/mol. The summed E-state index contributed by atoms with van der Waals surface area (Å²) in [4.78, 5) is 30.0. The molecule has 2 amide bonds. The second-order valence-electron chi connectivity index (χ2n) is 5.24. The van der Waals surface area contributed by atoms with Crippen LogP contribution in [0.4, 0.5) is 11.5 Å². The predicted octanol–water partition coefficient (Wildman–Crippen LogP) is 2.54. The van der Waals surface area contributed by atoms with Crippen LogP contribution in [0.3, 0.4) is 0 Å². The number of halogens is 1. The zero-order valence-electron chi connectivity index (χ0n) is 12.1. The molecule has 1 saturated heterocycles. The SMILES string of the molecule is O=C(Nc1ncccc1O)[C@H]1CC(=O)N(c2ccc(Br)cc2)C1. The third-order valence-corrected chi connectivity index (χ3v) is 4.19.